The predicted molar refractivity (Wildman–Crippen MR) is 247 cm³/mol. The van der Waals surface area contributed by atoms with Gasteiger partial charge in [-0.1, -0.05) is 108 Å². The van der Waals surface area contributed by atoms with Crippen molar-refractivity contribution in [2.24, 2.45) is 0 Å². The van der Waals surface area contributed by atoms with E-state index in [9.17, 15) is 0 Å². The fourth-order valence-corrected chi connectivity index (χ4v) is 10.2. The van der Waals surface area contributed by atoms with Crippen molar-refractivity contribution in [2.75, 3.05) is 16.5 Å². The summed E-state index contributed by atoms with van der Waals surface area (Å²) in [6, 6.07) is 46.1. The predicted octanol–water partition coefficient (Wildman–Crippen LogP) is 14.8. The highest BCUT2D eigenvalue weighted by Crippen LogP contribution is 2.50. The maximum atomic E-state index is 7.15. The number of hydrogen-bond donors (Lipinski definition) is 0. The number of aryl methyl sites for hydroxylation is 2. The monoisotopic (exact) mass is 776 g/mol. The molecule has 0 N–H and O–H groups in total. The van der Waals surface area contributed by atoms with E-state index in [1.54, 1.807) is 0 Å². The summed E-state index contributed by atoms with van der Waals surface area (Å²) >= 11 is 1.84. The zero-order valence-electron chi connectivity index (χ0n) is 34.5. The van der Waals surface area contributed by atoms with Crippen molar-refractivity contribution in [1.29, 1.82) is 0 Å². The molecule has 288 valence electrons. The Labute approximate surface area is 344 Å². The Morgan fingerprint density at radius 1 is 0.603 bits per heavy atom. The molecule has 0 spiro atoms. The first-order valence-corrected chi connectivity index (χ1v) is 21.0. The average Bonchev–Trinajstić information content (AvgIpc) is 3.87. The Hall–Kier alpha value is -6.11. The maximum Gasteiger partial charge on any atom is 0.138 e. The Balaban J connectivity index is 1.11. The van der Waals surface area contributed by atoms with E-state index in [0.717, 1.165) is 39.4 Å². The molecular weight excluding hydrogens is 729 g/mol. The first kappa shape index (κ1) is 36.2. The highest BCUT2D eigenvalue weighted by Gasteiger charge is 2.31. The SMILES string of the molecule is Cc1cc(C(C)(C)C)cc(C)c1N1CN(c2cccc(Oc3cc4c(c5ccccc5n4-c4cc(C(C)(C)C)ccn4)c4sc5ccccc5c34)c2)c2ccccc21. The van der Waals surface area contributed by atoms with Crippen LogP contribution in [0, 0.1) is 13.8 Å². The summed E-state index contributed by atoms with van der Waals surface area (Å²) in [6.45, 7) is 18.8. The van der Waals surface area contributed by atoms with Crippen LogP contribution in [0.4, 0.5) is 22.7 Å². The lowest BCUT2D eigenvalue weighted by molar-refractivity contribution is 0.489. The Morgan fingerprint density at radius 2 is 1.28 bits per heavy atom. The molecule has 0 atom stereocenters. The molecule has 0 fully saturated rings. The van der Waals surface area contributed by atoms with E-state index in [2.05, 4.69) is 197 Å². The molecule has 0 radical (unpaired) electrons. The summed E-state index contributed by atoms with van der Waals surface area (Å²) in [5.74, 6) is 2.53. The summed E-state index contributed by atoms with van der Waals surface area (Å²) < 4.78 is 11.9. The topological polar surface area (TPSA) is 33.5 Å². The second-order valence-corrected chi connectivity index (χ2v) is 18.9. The molecule has 0 bridgehead atoms. The van der Waals surface area contributed by atoms with E-state index in [-0.39, 0.29) is 10.8 Å². The van der Waals surface area contributed by atoms with Crippen molar-refractivity contribution in [3.05, 3.63) is 156 Å². The van der Waals surface area contributed by atoms with Crippen LogP contribution in [-0.2, 0) is 10.8 Å². The minimum Gasteiger partial charge on any atom is -0.457 e. The van der Waals surface area contributed by atoms with Crippen LogP contribution in [-0.4, -0.2) is 16.2 Å². The minimum absolute atomic E-state index is 0.0179. The summed E-state index contributed by atoms with van der Waals surface area (Å²) in [5.41, 5.74) is 12.2. The zero-order chi connectivity index (χ0) is 40.1. The number of pyridine rings is 1. The number of nitrogens with zero attached hydrogens (tertiary/aromatic N) is 4. The molecule has 0 aliphatic carbocycles. The van der Waals surface area contributed by atoms with Gasteiger partial charge in [-0.15, -0.1) is 11.3 Å². The first-order chi connectivity index (χ1) is 27.8. The third-order valence-electron chi connectivity index (χ3n) is 11.8. The molecule has 6 aromatic carbocycles. The quantitative estimate of drug-likeness (QED) is 0.174. The lowest BCUT2D eigenvalue weighted by Crippen LogP contribution is -2.25. The number of fused-ring (bicyclic) bond motifs is 8. The molecule has 0 saturated carbocycles. The van der Waals surface area contributed by atoms with Gasteiger partial charge in [0, 0.05) is 60.6 Å². The molecule has 9 aromatic rings. The molecule has 4 heterocycles. The van der Waals surface area contributed by atoms with Crippen molar-refractivity contribution >= 4 is 76.1 Å². The molecule has 10 rings (SSSR count). The third kappa shape index (κ3) is 5.84. The first-order valence-electron chi connectivity index (χ1n) is 20.2. The van der Waals surface area contributed by atoms with Crippen molar-refractivity contribution in [3.63, 3.8) is 0 Å². The Kier molecular flexibility index (Phi) is 8.26. The van der Waals surface area contributed by atoms with Crippen molar-refractivity contribution in [1.82, 2.24) is 9.55 Å². The van der Waals surface area contributed by atoms with Crippen LogP contribution in [0.15, 0.2) is 134 Å². The van der Waals surface area contributed by atoms with E-state index in [4.69, 9.17) is 9.72 Å². The van der Waals surface area contributed by atoms with Crippen LogP contribution in [0.25, 0.3) is 47.8 Å². The molecule has 3 aromatic heterocycles. The van der Waals surface area contributed by atoms with E-state index in [1.807, 2.05) is 17.5 Å². The van der Waals surface area contributed by atoms with Gasteiger partial charge in [-0.2, -0.15) is 0 Å². The van der Waals surface area contributed by atoms with Crippen molar-refractivity contribution in [3.8, 4) is 17.3 Å². The van der Waals surface area contributed by atoms with Crippen molar-refractivity contribution in [2.45, 2.75) is 66.2 Å². The van der Waals surface area contributed by atoms with Gasteiger partial charge in [0.25, 0.3) is 0 Å². The highest BCUT2D eigenvalue weighted by atomic mass is 32.1. The van der Waals surface area contributed by atoms with E-state index in [1.165, 1.54) is 64.9 Å². The average molecular weight is 777 g/mol. The van der Waals surface area contributed by atoms with Crippen LogP contribution in [0.2, 0.25) is 0 Å². The fraction of sp³-hybridized carbons (Fsp3) is 0.212. The molecular formula is C52H48N4OS. The number of rotatable bonds is 5. The molecule has 6 heteroatoms. The smallest absolute Gasteiger partial charge is 0.138 e. The second-order valence-electron chi connectivity index (χ2n) is 17.9. The third-order valence-corrected chi connectivity index (χ3v) is 13.0. The van der Waals surface area contributed by atoms with Gasteiger partial charge in [0.1, 0.15) is 24.0 Å². The number of para-hydroxylation sites is 3. The van der Waals surface area contributed by atoms with Gasteiger partial charge in [-0.05, 0) is 95.5 Å². The molecule has 0 amide bonds. The van der Waals surface area contributed by atoms with Crippen LogP contribution in [0.3, 0.4) is 0 Å². The van der Waals surface area contributed by atoms with E-state index in [0.29, 0.717) is 6.67 Å². The van der Waals surface area contributed by atoms with Gasteiger partial charge in [0.05, 0.1) is 22.4 Å². The van der Waals surface area contributed by atoms with Crippen LogP contribution < -0.4 is 14.5 Å². The van der Waals surface area contributed by atoms with Gasteiger partial charge in [0.2, 0.25) is 0 Å². The molecule has 1 aliphatic rings. The fourth-order valence-electron chi connectivity index (χ4n) is 8.91. The Morgan fingerprint density at radius 3 is 2.02 bits per heavy atom. The summed E-state index contributed by atoms with van der Waals surface area (Å²) in [6.07, 6.45) is 1.94. The molecule has 5 nitrogen and oxygen atoms in total. The summed E-state index contributed by atoms with van der Waals surface area (Å²) in [5, 5.41) is 4.78. The lowest BCUT2D eigenvalue weighted by atomic mass is 9.84. The molecule has 1 aliphatic heterocycles. The molecule has 58 heavy (non-hydrogen) atoms. The molecule has 0 saturated heterocycles. The second kappa shape index (κ2) is 13.2. The maximum absolute atomic E-state index is 7.15. The van der Waals surface area contributed by atoms with Gasteiger partial charge in [-0.3, -0.25) is 4.57 Å². The van der Waals surface area contributed by atoms with Gasteiger partial charge in [-0.25, -0.2) is 4.98 Å². The minimum atomic E-state index is -0.0179. The number of hydrogen-bond acceptors (Lipinski definition) is 5. The van der Waals surface area contributed by atoms with Gasteiger partial charge >= 0.3 is 0 Å². The highest BCUT2D eigenvalue weighted by molar-refractivity contribution is 7.26. The number of thiophene rings is 1. The number of benzene rings is 6. The van der Waals surface area contributed by atoms with E-state index < -0.39 is 0 Å². The number of aromatic nitrogens is 2. The van der Waals surface area contributed by atoms with Gasteiger partial charge in [0.15, 0.2) is 0 Å². The van der Waals surface area contributed by atoms with E-state index >= 15 is 0 Å². The zero-order valence-corrected chi connectivity index (χ0v) is 35.3. The van der Waals surface area contributed by atoms with Crippen molar-refractivity contribution < 1.29 is 4.74 Å². The largest absolute Gasteiger partial charge is 0.457 e. The number of anilines is 4. The standard InChI is InChI=1S/C52H48N4OS/c1-32-26-35(52(6,7)8)27-33(2)49(32)55-31-54(41-21-12-13-22-42(41)55)36-16-15-17-37(29-36)57-44-30-43-47(50-48(44)39-19-10-14-23-45(39)58-50)38-18-9-11-20-40(38)56(43)46-28-34(24-25-53-46)51(3,4)5/h9-30H,31H2,1-8H3. The normalized spacial score (nSPS) is 13.4. The molecule has 0 unspecified atom stereocenters. The summed E-state index contributed by atoms with van der Waals surface area (Å²) in [4.78, 5) is 9.85. The summed E-state index contributed by atoms with van der Waals surface area (Å²) in [7, 11) is 0. The van der Waals surface area contributed by atoms with Crippen LogP contribution >= 0.6 is 11.3 Å². The van der Waals surface area contributed by atoms with Crippen LogP contribution in [0.5, 0.6) is 11.5 Å². The lowest BCUT2D eigenvalue weighted by Gasteiger charge is -2.28. The van der Waals surface area contributed by atoms with Crippen LogP contribution in [0.1, 0.15) is 63.8 Å². The number of ether oxygens (including phenoxy) is 1. The van der Waals surface area contributed by atoms with Gasteiger partial charge < -0.3 is 14.5 Å². The Bertz CT molecular complexity index is 3060.